The number of nitrogens with zero attached hydrogens (tertiary/aromatic N) is 2. The molecule has 5 nitrogen and oxygen atoms in total. The van der Waals surface area contributed by atoms with Crippen LogP contribution in [0.4, 0.5) is 0 Å². The lowest BCUT2D eigenvalue weighted by molar-refractivity contribution is 0.0818. The van der Waals surface area contributed by atoms with Crippen LogP contribution in [0.5, 0.6) is 0 Å². The van der Waals surface area contributed by atoms with Gasteiger partial charge in [-0.25, -0.2) is 9.97 Å². The Bertz CT molecular complexity index is 369. The van der Waals surface area contributed by atoms with E-state index in [9.17, 15) is 9.90 Å². The highest BCUT2D eigenvalue weighted by molar-refractivity contribution is 5.93. The summed E-state index contributed by atoms with van der Waals surface area (Å²) in [5, 5.41) is 12.8. The van der Waals surface area contributed by atoms with E-state index in [4.69, 9.17) is 0 Å². The van der Waals surface area contributed by atoms with E-state index >= 15 is 0 Å². The third-order valence-electron chi connectivity index (χ3n) is 3.12. The summed E-state index contributed by atoms with van der Waals surface area (Å²) in [6, 6.07) is -0.148. The molecule has 0 saturated heterocycles. The molecule has 92 valence electrons. The molecule has 2 N–H and O–H groups in total. The predicted molar refractivity (Wildman–Crippen MR) is 62.4 cm³/mol. The van der Waals surface area contributed by atoms with Gasteiger partial charge >= 0.3 is 0 Å². The number of rotatable bonds is 2. The molecule has 1 aliphatic rings. The number of hydrogen-bond acceptors (Lipinski definition) is 4. The smallest absolute Gasteiger partial charge is 0.254 e. The Kier molecular flexibility index (Phi) is 4.03. The van der Waals surface area contributed by atoms with Gasteiger partial charge in [-0.1, -0.05) is 19.3 Å². The first-order valence-electron chi connectivity index (χ1n) is 6.01. The van der Waals surface area contributed by atoms with E-state index in [1.54, 1.807) is 0 Å². The van der Waals surface area contributed by atoms with E-state index in [-0.39, 0.29) is 11.9 Å². The summed E-state index contributed by atoms with van der Waals surface area (Å²) in [5.41, 5.74) is 0.434. The average molecular weight is 235 g/mol. The van der Waals surface area contributed by atoms with Crippen LogP contribution in [-0.2, 0) is 0 Å². The van der Waals surface area contributed by atoms with Crippen LogP contribution >= 0.6 is 0 Å². The largest absolute Gasteiger partial charge is 0.391 e. The molecule has 0 radical (unpaired) electrons. The lowest BCUT2D eigenvalue weighted by atomic mass is 10.1. The molecule has 1 amide bonds. The normalized spacial score (nSPS) is 25.0. The van der Waals surface area contributed by atoms with Crippen molar-refractivity contribution in [3.8, 4) is 0 Å². The van der Waals surface area contributed by atoms with Crippen LogP contribution in [0, 0.1) is 0 Å². The van der Waals surface area contributed by atoms with Crippen molar-refractivity contribution in [3.63, 3.8) is 0 Å². The first-order chi connectivity index (χ1) is 8.27. The Labute approximate surface area is 100 Å². The molecule has 0 aliphatic heterocycles. The Balaban J connectivity index is 1.98. The van der Waals surface area contributed by atoms with Crippen LogP contribution in [0.15, 0.2) is 18.7 Å². The Hall–Kier alpha value is -1.49. The van der Waals surface area contributed by atoms with Gasteiger partial charge in [0, 0.05) is 12.4 Å². The zero-order valence-corrected chi connectivity index (χ0v) is 9.67. The predicted octanol–water partition coefficient (Wildman–Crippen LogP) is 0.900. The number of hydrogen-bond donors (Lipinski definition) is 2. The van der Waals surface area contributed by atoms with E-state index in [0.717, 1.165) is 32.1 Å². The second kappa shape index (κ2) is 5.72. The average Bonchev–Trinajstić information content (AvgIpc) is 2.56. The molecule has 1 aromatic rings. The minimum absolute atomic E-state index is 0.148. The van der Waals surface area contributed by atoms with Gasteiger partial charge in [0.05, 0.1) is 17.7 Å². The molecule has 2 unspecified atom stereocenters. The van der Waals surface area contributed by atoms with Gasteiger partial charge in [-0.05, 0) is 12.8 Å². The van der Waals surface area contributed by atoms with Gasteiger partial charge in [0.15, 0.2) is 0 Å². The number of amides is 1. The number of aliphatic hydroxyl groups excluding tert-OH is 1. The standard InChI is InChI=1S/C12H17N3O2/c16-11-5-3-1-2-4-10(11)15-12(17)9-6-13-8-14-7-9/h6-8,10-11,16H,1-5H2,(H,15,17). The highest BCUT2D eigenvalue weighted by Crippen LogP contribution is 2.18. The molecule has 0 aromatic carbocycles. The third-order valence-corrected chi connectivity index (χ3v) is 3.12. The van der Waals surface area contributed by atoms with Crippen molar-refractivity contribution >= 4 is 5.91 Å². The Morgan fingerprint density at radius 2 is 1.94 bits per heavy atom. The molecular formula is C12H17N3O2. The van der Waals surface area contributed by atoms with Crippen molar-refractivity contribution in [2.45, 2.75) is 44.2 Å². The zero-order valence-electron chi connectivity index (χ0n) is 9.67. The van der Waals surface area contributed by atoms with E-state index in [2.05, 4.69) is 15.3 Å². The van der Waals surface area contributed by atoms with E-state index < -0.39 is 6.10 Å². The number of carbonyl (C=O) groups excluding carboxylic acids is 1. The van der Waals surface area contributed by atoms with Crippen molar-refractivity contribution in [1.82, 2.24) is 15.3 Å². The summed E-state index contributed by atoms with van der Waals surface area (Å²) < 4.78 is 0. The minimum Gasteiger partial charge on any atom is -0.391 e. The summed E-state index contributed by atoms with van der Waals surface area (Å²) in [6.07, 6.45) is 8.70. The molecule has 2 rings (SSSR count). The number of aromatic nitrogens is 2. The summed E-state index contributed by atoms with van der Waals surface area (Å²) in [5.74, 6) is -0.212. The molecule has 2 atom stereocenters. The van der Waals surface area contributed by atoms with Crippen LogP contribution in [0.3, 0.4) is 0 Å². The Morgan fingerprint density at radius 1 is 1.24 bits per heavy atom. The first-order valence-corrected chi connectivity index (χ1v) is 6.01. The van der Waals surface area contributed by atoms with Crippen molar-refractivity contribution in [2.24, 2.45) is 0 Å². The van der Waals surface area contributed by atoms with Crippen LogP contribution < -0.4 is 5.32 Å². The monoisotopic (exact) mass is 235 g/mol. The molecule has 1 aromatic heterocycles. The second-order valence-electron chi connectivity index (χ2n) is 4.41. The van der Waals surface area contributed by atoms with E-state index in [1.807, 2.05) is 0 Å². The summed E-state index contributed by atoms with van der Waals surface area (Å²) >= 11 is 0. The molecule has 5 heteroatoms. The SMILES string of the molecule is O=C(NC1CCCCCC1O)c1cncnc1. The molecule has 1 heterocycles. The second-order valence-corrected chi connectivity index (χ2v) is 4.41. The molecule has 1 fully saturated rings. The molecule has 1 aliphatic carbocycles. The molecule has 0 spiro atoms. The van der Waals surface area contributed by atoms with Gasteiger partial charge in [-0.2, -0.15) is 0 Å². The van der Waals surface area contributed by atoms with Gasteiger partial charge in [0.25, 0.3) is 5.91 Å². The van der Waals surface area contributed by atoms with Gasteiger partial charge in [0.1, 0.15) is 6.33 Å². The van der Waals surface area contributed by atoms with E-state index in [0.29, 0.717) is 5.56 Å². The zero-order chi connectivity index (χ0) is 12.1. The number of aliphatic hydroxyl groups is 1. The third kappa shape index (κ3) is 3.23. The fourth-order valence-corrected chi connectivity index (χ4v) is 2.12. The maximum atomic E-state index is 11.9. The quantitative estimate of drug-likeness (QED) is 0.747. The Morgan fingerprint density at radius 3 is 2.71 bits per heavy atom. The van der Waals surface area contributed by atoms with Crippen molar-refractivity contribution in [2.75, 3.05) is 0 Å². The minimum atomic E-state index is -0.439. The fraction of sp³-hybridized carbons (Fsp3) is 0.583. The van der Waals surface area contributed by atoms with Gasteiger partial charge in [0.2, 0.25) is 0 Å². The summed E-state index contributed by atoms with van der Waals surface area (Å²) in [4.78, 5) is 19.5. The van der Waals surface area contributed by atoms with Gasteiger partial charge in [-0.3, -0.25) is 4.79 Å². The molecule has 0 bridgehead atoms. The maximum absolute atomic E-state index is 11.9. The highest BCUT2D eigenvalue weighted by atomic mass is 16.3. The van der Waals surface area contributed by atoms with E-state index in [1.165, 1.54) is 18.7 Å². The van der Waals surface area contributed by atoms with Crippen LogP contribution in [0.1, 0.15) is 42.5 Å². The first kappa shape index (κ1) is 12.0. The molecule has 1 saturated carbocycles. The maximum Gasteiger partial charge on any atom is 0.254 e. The van der Waals surface area contributed by atoms with Gasteiger partial charge < -0.3 is 10.4 Å². The lowest BCUT2D eigenvalue weighted by Crippen LogP contribution is -2.42. The van der Waals surface area contributed by atoms with Crippen molar-refractivity contribution in [3.05, 3.63) is 24.3 Å². The topological polar surface area (TPSA) is 75.1 Å². The van der Waals surface area contributed by atoms with Crippen molar-refractivity contribution < 1.29 is 9.90 Å². The summed E-state index contributed by atoms with van der Waals surface area (Å²) in [7, 11) is 0. The van der Waals surface area contributed by atoms with Gasteiger partial charge in [-0.15, -0.1) is 0 Å². The van der Waals surface area contributed by atoms with Crippen LogP contribution in [0.25, 0.3) is 0 Å². The van der Waals surface area contributed by atoms with Crippen LogP contribution in [0.2, 0.25) is 0 Å². The summed E-state index contributed by atoms with van der Waals surface area (Å²) in [6.45, 7) is 0. The van der Waals surface area contributed by atoms with Crippen molar-refractivity contribution in [1.29, 1.82) is 0 Å². The number of nitrogens with one attached hydrogen (secondary N) is 1. The highest BCUT2D eigenvalue weighted by Gasteiger charge is 2.23. The molecule has 17 heavy (non-hydrogen) atoms. The number of carbonyl (C=O) groups is 1. The lowest BCUT2D eigenvalue weighted by Gasteiger charge is -2.21. The van der Waals surface area contributed by atoms with Crippen LogP contribution in [-0.4, -0.2) is 33.1 Å². The fourth-order valence-electron chi connectivity index (χ4n) is 2.12. The molecular weight excluding hydrogens is 218 g/mol.